The van der Waals surface area contributed by atoms with Gasteiger partial charge in [0.15, 0.2) is 0 Å². The van der Waals surface area contributed by atoms with Crippen LogP contribution in [0.3, 0.4) is 0 Å². The summed E-state index contributed by atoms with van der Waals surface area (Å²) in [7, 11) is -9.15. The zero-order valence-corrected chi connectivity index (χ0v) is 21.5. The molecule has 5 aromatic rings. The first-order valence-corrected chi connectivity index (χ1v) is 14.1. The zero-order chi connectivity index (χ0) is 27.8. The van der Waals surface area contributed by atoms with Crippen LogP contribution in [-0.4, -0.2) is 25.9 Å². The highest BCUT2D eigenvalue weighted by Gasteiger charge is 2.18. The maximum absolute atomic E-state index is 12.0. The van der Waals surface area contributed by atoms with Crippen molar-refractivity contribution < 1.29 is 25.9 Å². The Morgan fingerprint density at radius 2 is 1.21 bits per heavy atom. The highest BCUT2D eigenvalue weighted by molar-refractivity contribution is 7.86. The molecule has 13 heteroatoms. The van der Waals surface area contributed by atoms with E-state index in [9.17, 15) is 25.9 Å². The van der Waals surface area contributed by atoms with Crippen LogP contribution in [0.4, 0.5) is 28.4 Å². The first-order chi connectivity index (χ1) is 18.5. The van der Waals surface area contributed by atoms with Crippen LogP contribution in [-0.2, 0) is 20.2 Å². The van der Waals surface area contributed by atoms with Crippen molar-refractivity contribution in [2.24, 2.45) is 20.5 Å². The number of rotatable bonds is 6. The molecule has 0 aliphatic rings. The molecule has 0 fully saturated rings. The van der Waals surface area contributed by atoms with Gasteiger partial charge in [0.2, 0.25) is 0 Å². The lowest BCUT2D eigenvalue weighted by Crippen LogP contribution is -2.00. The molecule has 0 aliphatic carbocycles. The van der Waals surface area contributed by atoms with Crippen LogP contribution in [0.2, 0.25) is 0 Å². The number of azo groups is 2. The van der Waals surface area contributed by atoms with E-state index in [-0.39, 0.29) is 32.7 Å². The second kappa shape index (κ2) is 9.96. The van der Waals surface area contributed by atoms with Gasteiger partial charge in [0, 0.05) is 27.2 Å². The number of nitrogens with two attached hydrogens (primary N) is 1. The van der Waals surface area contributed by atoms with Gasteiger partial charge in [-0.25, -0.2) is 0 Å². The van der Waals surface area contributed by atoms with Crippen molar-refractivity contribution in [2.45, 2.75) is 9.79 Å². The third kappa shape index (κ3) is 5.37. The molecule has 0 heterocycles. The van der Waals surface area contributed by atoms with Crippen molar-refractivity contribution >= 4 is 70.2 Å². The van der Waals surface area contributed by atoms with Gasteiger partial charge in [0.1, 0.15) is 4.90 Å². The van der Waals surface area contributed by atoms with Gasteiger partial charge in [-0.05, 0) is 54.6 Å². The second-order valence-corrected chi connectivity index (χ2v) is 11.2. The summed E-state index contributed by atoms with van der Waals surface area (Å²) < 4.78 is 67.1. The highest BCUT2D eigenvalue weighted by Crippen LogP contribution is 2.39. The molecule has 196 valence electrons. The zero-order valence-electron chi connectivity index (χ0n) is 19.9. The van der Waals surface area contributed by atoms with Crippen molar-refractivity contribution in [1.82, 2.24) is 0 Å². The van der Waals surface area contributed by atoms with Gasteiger partial charge in [-0.1, -0.05) is 36.4 Å². The molecule has 5 rings (SSSR count). The molecule has 0 saturated heterocycles. The summed E-state index contributed by atoms with van der Waals surface area (Å²) in [6, 6.07) is 23.3. The maximum atomic E-state index is 12.0. The molecule has 0 bridgehead atoms. The molecule has 0 spiro atoms. The first-order valence-electron chi connectivity index (χ1n) is 11.2. The first kappa shape index (κ1) is 26.1. The summed E-state index contributed by atoms with van der Waals surface area (Å²) in [6.45, 7) is 0. The Kier molecular flexibility index (Phi) is 6.66. The van der Waals surface area contributed by atoms with E-state index in [1.165, 1.54) is 48.5 Å². The van der Waals surface area contributed by atoms with Crippen molar-refractivity contribution in [3.05, 3.63) is 91.0 Å². The van der Waals surface area contributed by atoms with Crippen molar-refractivity contribution in [2.75, 3.05) is 5.73 Å². The molecular formula is C26H19N5O6S2. The summed E-state index contributed by atoms with van der Waals surface area (Å²) >= 11 is 0. The summed E-state index contributed by atoms with van der Waals surface area (Å²) in [5, 5.41) is 18.1. The molecule has 0 saturated carbocycles. The molecule has 0 atom stereocenters. The van der Waals surface area contributed by atoms with Crippen LogP contribution >= 0.6 is 0 Å². The molecule has 0 unspecified atom stereocenters. The number of nitrogen functional groups attached to an aromatic ring is 1. The average Bonchev–Trinajstić information content (AvgIpc) is 2.91. The van der Waals surface area contributed by atoms with Gasteiger partial charge >= 0.3 is 0 Å². The van der Waals surface area contributed by atoms with Crippen LogP contribution < -0.4 is 5.73 Å². The van der Waals surface area contributed by atoms with Crippen LogP contribution in [0.5, 0.6) is 0 Å². The Labute approximate surface area is 222 Å². The molecule has 0 aliphatic heterocycles. The van der Waals surface area contributed by atoms with Gasteiger partial charge in [-0.2, -0.15) is 21.9 Å². The lowest BCUT2D eigenvalue weighted by molar-refractivity contribution is 0.481. The fraction of sp³-hybridized carbons (Fsp3) is 0. The number of nitrogens with zero attached hydrogens (tertiary/aromatic N) is 4. The van der Waals surface area contributed by atoms with E-state index in [0.717, 1.165) is 0 Å². The molecule has 4 N–H and O–H groups in total. The fourth-order valence-corrected chi connectivity index (χ4v) is 5.25. The number of fused-ring (bicyclic) bond motifs is 2. The van der Waals surface area contributed by atoms with E-state index in [4.69, 9.17) is 5.73 Å². The molecule has 0 radical (unpaired) electrons. The van der Waals surface area contributed by atoms with E-state index in [2.05, 4.69) is 20.5 Å². The van der Waals surface area contributed by atoms with Crippen LogP contribution in [0.1, 0.15) is 0 Å². The Balaban J connectivity index is 1.69. The molecule has 5 aromatic carbocycles. The third-order valence-corrected chi connectivity index (χ3v) is 7.57. The lowest BCUT2D eigenvalue weighted by Gasteiger charge is -2.09. The Hall–Kier alpha value is -4.56. The molecule has 0 aromatic heterocycles. The van der Waals surface area contributed by atoms with Gasteiger partial charge in [0.05, 0.1) is 27.6 Å². The normalized spacial score (nSPS) is 12.7. The summed E-state index contributed by atoms with van der Waals surface area (Å²) in [5.41, 5.74) is 7.59. The van der Waals surface area contributed by atoms with E-state index >= 15 is 0 Å². The molecule has 0 amide bonds. The van der Waals surface area contributed by atoms with Gasteiger partial charge in [-0.15, -0.1) is 15.3 Å². The van der Waals surface area contributed by atoms with Gasteiger partial charge in [-0.3, -0.25) is 9.11 Å². The monoisotopic (exact) mass is 561 g/mol. The quantitative estimate of drug-likeness (QED) is 0.114. The van der Waals surface area contributed by atoms with E-state index in [1.54, 1.807) is 24.3 Å². The van der Waals surface area contributed by atoms with Crippen molar-refractivity contribution in [3.8, 4) is 0 Å². The lowest BCUT2D eigenvalue weighted by atomic mass is 10.1. The number of hydrogen-bond donors (Lipinski definition) is 3. The average molecular weight is 562 g/mol. The number of anilines is 1. The molecular weight excluding hydrogens is 542 g/mol. The SMILES string of the molecule is Nc1ccc(/N=N/c2ccc(/N=N/c3ccccc3)c3ccc(S(=O)(=O)O)cc23)c2c(S(=O)(=O)O)cccc12. The predicted molar refractivity (Wildman–Crippen MR) is 147 cm³/mol. The Morgan fingerprint density at radius 3 is 1.90 bits per heavy atom. The predicted octanol–water partition coefficient (Wildman–Crippen LogP) is 6.90. The minimum Gasteiger partial charge on any atom is -0.398 e. The minimum atomic E-state index is -4.62. The summed E-state index contributed by atoms with van der Waals surface area (Å²) in [6.07, 6.45) is 0. The number of hydrogen-bond acceptors (Lipinski definition) is 9. The van der Waals surface area contributed by atoms with Crippen molar-refractivity contribution in [3.63, 3.8) is 0 Å². The minimum absolute atomic E-state index is 0.0694. The van der Waals surface area contributed by atoms with Crippen molar-refractivity contribution in [1.29, 1.82) is 0 Å². The summed E-state index contributed by atoms with van der Waals surface area (Å²) in [4.78, 5) is -0.758. The fourth-order valence-electron chi connectivity index (χ4n) is 4.02. The summed E-state index contributed by atoms with van der Waals surface area (Å²) in [5.74, 6) is 0. The van der Waals surface area contributed by atoms with E-state index in [0.29, 0.717) is 22.1 Å². The number of benzene rings is 5. The topological polar surface area (TPSA) is 184 Å². The van der Waals surface area contributed by atoms with E-state index < -0.39 is 25.1 Å². The Morgan fingerprint density at radius 1 is 0.564 bits per heavy atom. The maximum Gasteiger partial charge on any atom is 0.295 e. The largest absolute Gasteiger partial charge is 0.398 e. The van der Waals surface area contributed by atoms with E-state index in [1.807, 2.05) is 18.2 Å². The standard InChI is InChI=1S/C26H19N5O6S2/c27-21-11-12-24(26-19(21)7-4-8-25(26)39(35,36)37)31-30-23-14-13-22(29-28-16-5-2-1-3-6-16)18-10-9-17(15-20(18)23)38(32,33)34/h1-15H,27H2,(H,32,33,34)(H,35,36,37)/b29-28+,31-30+. The van der Waals surface area contributed by atoms with Gasteiger partial charge < -0.3 is 5.73 Å². The van der Waals surface area contributed by atoms with Gasteiger partial charge in [0.25, 0.3) is 20.2 Å². The molecule has 11 nitrogen and oxygen atoms in total. The smallest absolute Gasteiger partial charge is 0.295 e. The third-order valence-electron chi connectivity index (χ3n) is 5.83. The van der Waals surface area contributed by atoms with Crippen LogP contribution in [0.25, 0.3) is 21.5 Å². The Bertz CT molecular complexity index is 2030. The molecule has 39 heavy (non-hydrogen) atoms. The van der Waals surface area contributed by atoms with Crippen LogP contribution in [0.15, 0.2) is 121 Å². The highest BCUT2D eigenvalue weighted by atomic mass is 32.2. The van der Waals surface area contributed by atoms with Crippen LogP contribution in [0, 0.1) is 0 Å². The second-order valence-electron chi connectivity index (χ2n) is 8.35.